The van der Waals surface area contributed by atoms with Crippen molar-refractivity contribution >= 4 is 15.9 Å². The van der Waals surface area contributed by atoms with Crippen LogP contribution in [0.2, 0.25) is 0 Å². The summed E-state index contributed by atoms with van der Waals surface area (Å²) < 4.78 is 26.5. The maximum Gasteiger partial charge on any atom is 0.247 e. The van der Waals surface area contributed by atoms with Crippen LogP contribution in [0.25, 0.3) is 0 Å². The van der Waals surface area contributed by atoms with Crippen molar-refractivity contribution in [2.24, 2.45) is 5.73 Å². The number of primary amides is 1. The predicted octanol–water partition coefficient (Wildman–Crippen LogP) is -0.264. The van der Waals surface area contributed by atoms with E-state index in [-0.39, 0.29) is 4.90 Å². The van der Waals surface area contributed by atoms with E-state index in [0.717, 1.165) is 5.56 Å². The number of rotatable bonds is 5. The van der Waals surface area contributed by atoms with Crippen LogP contribution >= 0.6 is 0 Å². The van der Waals surface area contributed by atoms with Crippen LogP contribution in [0.1, 0.15) is 16.7 Å². The van der Waals surface area contributed by atoms with E-state index in [2.05, 4.69) is 4.72 Å². The first-order chi connectivity index (χ1) is 8.65. The number of aliphatic hydroxyl groups is 1. The highest BCUT2D eigenvalue weighted by Crippen LogP contribution is 2.21. The molecule has 0 heterocycles. The van der Waals surface area contributed by atoms with Gasteiger partial charge in [0.05, 0.1) is 4.90 Å². The lowest BCUT2D eigenvalue weighted by Gasteiger charge is -2.14. The predicted molar refractivity (Wildman–Crippen MR) is 71.0 cm³/mol. The lowest BCUT2D eigenvalue weighted by atomic mass is 10.1. The van der Waals surface area contributed by atoms with Crippen LogP contribution in [0.15, 0.2) is 17.0 Å². The van der Waals surface area contributed by atoms with Gasteiger partial charge < -0.3 is 10.8 Å². The van der Waals surface area contributed by atoms with Gasteiger partial charge in [-0.1, -0.05) is 17.7 Å². The van der Waals surface area contributed by atoms with Crippen molar-refractivity contribution in [2.75, 3.05) is 6.54 Å². The third-order valence-electron chi connectivity index (χ3n) is 2.67. The van der Waals surface area contributed by atoms with Gasteiger partial charge in [0.1, 0.15) is 6.10 Å². The Kier molecular flexibility index (Phi) is 4.67. The molecule has 0 aliphatic heterocycles. The van der Waals surface area contributed by atoms with Gasteiger partial charge in [-0.2, -0.15) is 0 Å². The van der Waals surface area contributed by atoms with Gasteiger partial charge in [-0.15, -0.1) is 0 Å². The number of nitrogens with one attached hydrogen (secondary N) is 1. The van der Waals surface area contributed by atoms with Gasteiger partial charge in [0, 0.05) is 6.54 Å². The Labute approximate surface area is 112 Å². The van der Waals surface area contributed by atoms with Crippen LogP contribution in [0.3, 0.4) is 0 Å². The monoisotopic (exact) mass is 286 g/mol. The fourth-order valence-corrected chi connectivity index (χ4v) is 3.44. The summed E-state index contributed by atoms with van der Waals surface area (Å²) in [5.74, 6) is -0.972. The fourth-order valence-electron chi connectivity index (χ4n) is 1.95. The lowest BCUT2D eigenvalue weighted by molar-refractivity contribution is -0.125. The molecule has 0 saturated carbocycles. The third-order valence-corrected chi connectivity index (χ3v) is 4.40. The van der Waals surface area contributed by atoms with Crippen molar-refractivity contribution in [1.82, 2.24) is 4.72 Å². The Morgan fingerprint density at radius 3 is 2.21 bits per heavy atom. The van der Waals surface area contributed by atoms with Gasteiger partial charge in [-0.25, -0.2) is 13.1 Å². The smallest absolute Gasteiger partial charge is 0.247 e. The van der Waals surface area contributed by atoms with Gasteiger partial charge in [0.15, 0.2) is 0 Å². The quantitative estimate of drug-likeness (QED) is 0.692. The Bertz CT molecular complexity index is 573. The van der Waals surface area contributed by atoms with Crippen LogP contribution in [0, 0.1) is 20.8 Å². The topological polar surface area (TPSA) is 109 Å². The number of sulfonamides is 1. The van der Waals surface area contributed by atoms with Crippen molar-refractivity contribution in [2.45, 2.75) is 31.8 Å². The molecule has 1 unspecified atom stereocenters. The highest BCUT2D eigenvalue weighted by atomic mass is 32.2. The molecule has 0 spiro atoms. The van der Waals surface area contributed by atoms with Crippen LogP contribution in [0.5, 0.6) is 0 Å². The Balaban J connectivity index is 3.05. The van der Waals surface area contributed by atoms with Crippen molar-refractivity contribution in [3.63, 3.8) is 0 Å². The van der Waals surface area contributed by atoms with E-state index in [1.807, 2.05) is 6.92 Å². The Morgan fingerprint density at radius 1 is 1.32 bits per heavy atom. The highest BCUT2D eigenvalue weighted by Gasteiger charge is 2.22. The molecule has 0 saturated heterocycles. The number of benzene rings is 1. The van der Waals surface area contributed by atoms with Crippen molar-refractivity contribution in [1.29, 1.82) is 0 Å². The number of amides is 1. The molecular formula is C12H18N2O4S. The van der Waals surface area contributed by atoms with Gasteiger partial charge >= 0.3 is 0 Å². The van der Waals surface area contributed by atoms with E-state index in [4.69, 9.17) is 5.73 Å². The first-order valence-corrected chi connectivity index (χ1v) is 7.18. The standard InChI is InChI=1S/C12H18N2O4S/c1-7-4-8(2)11(9(3)5-7)19(17,18)14-6-10(15)12(13)16/h4-5,10,14-15H,6H2,1-3H3,(H2,13,16). The summed E-state index contributed by atoms with van der Waals surface area (Å²) in [6.45, 7) is 4.82. The minimum atomic E-state index is -3.78. The Morgan fingerprint density at radius 2 is 1.79 bits per heavy atom. The van der Waals surface area contributed by atoms with Crippen LogP contribution in [0.4, 0.5) is 0 Å². The minimum Gasteiger partial charge on any atom is -0.382 e. The van der Waals surface area contributed by atoms with Crippen LogP contribution < -0.4 is 10.5 Å². The zero-order chi connectivity index (χ0) is 14.8. The number of carbonyl (C=O) groups is 1. The summed E-state index contributed by atoms with van der Waals surface area (Å²) in [6, 6.07) is 3.51. The molecular weight excluding hydrogens is 268 g/mol. The summed E-state index contributed by atoms with van der Waals surface area (Å²) in [7, 11) is -3.78. The second-order valence-corrected chi connectivity index (χ2v) is 6.20. The molecule has 4 N–H and O–H groups in total. The molecule has 7 heteroatoms. The molecule has 1 amide bonds. The maximum atomic E-state index is 12.1. The number of hydrogen-bond donors (Lipinski definition) is 3. The molecule has 106 valence electrons. The summed E-state index contributed by atoms with van der Waals surface area (Å²) in [5, 5.41) is 9.22. The van der Waals surface area contributed by atoms with Crippen LogP contribution in [-0.4, -0.2) is 32.1 Å². The molecule has 0 aliphatic carbocycles. The summed E-state index contributed by atoms with van der Waals surface area (Å²) in [4.78, 5) is 10.8. The van der Waals surface area contributed by atoms with E-state index in [0.29, 0.717) is 11.1 Å². The maximum absolute atomic E-state index is 12.1. The van der Waals surface area contributed by atoms with E-state index < -0.39 is 28.6 Å². The SMILES string of the molecule is Cc1cc(C)c(S(=O)(=O)NCC(O)C(N)=O)c(C)c1. The first kappa shape index (κ1) is 15.6. The van der Waals surface area contributed by atoms with Crippen molar-refractivity contribution < 1.29 is 18.3 Å². The molecule has 1 rings (SSSR count). The van der Waals surface area contributed by atoms with Crippen molar-refractivity contribution in [3.8, 4) is 0 Å². The number of aliphatic hydroxyl groups excluding tert-OH is 1. The lowest BCUT2D eigenvalue weighted by Crippen LogP contribution is -2.40. The van der Waals surface area contributed by atoms with E-state index in [1.54, 1.807) is 26.0 Å². The van der Waals surface area contributed by atoms with E-state index in [9.17, 15) is 18.3 Å². The van der Waals surface area contributed by atoms with Gasteiger partial charge in [-0.3, -0.25) is 4.79 Å². The molecule has 0 radical (unpaired) electrons. The minimum absolute atomic E-state index is 0.162. The Hall–Kier alpha value is -1.44. The largest absolute Gasteiger partial charge is 0.382 e. The number of nitrogens with two attached hydrogens (primary N) is 1. The molecule has 6 nitrogen and oxygen atoms in total. The highest BCUT2D eigenvalue weighted by molar-refractivity contribution is 7.89. The summed E-state index contributed by atoms with van der Waals surface area (Å²) in [6.07, 6.45) is -1.54. The van der Waals surface area contributed by atoms with Gasteiger partial charge in [0.25, 0.3) is 0 Å². The van der Waals surface area contributed by atoms with Crippen LogP contribution in [-0.2, 0) is 14.8 Å². The average Bonchev–Trinajstić information content (AvgIpc) is 2.23. The molecule has 0 fully saturated rings. The molecule has 0 aliphatic rings. The molecule has 1 aromatic carbocycles. The normalized spacial score (nSPS) is 13.3. The molecule has 19 heavy (non-hydrogen) atoms. The van der Waals surface area contributed by atoms with E-state index in [1.165, 1.54) is 0 Å². The zero-order valence-corrected chi connectivity index (χ0v) is 11.9. The molecule has 0 bridgehead atoms. The van der Waals surface area contributed by atoms with E-state index >= 15 is 0 Å². The summed E-state index contributed by atoms with van der Waals surface area (Å²) in [5.41, 5.74) is 7.04. The molecule has 0 aromatic heterocycles. The average molecular weight is 286 g/mol. The number of hydrogen-bond acceptors (Lipinski definition) is 4. The summed E-state index contributed by atoms with van der Waals surface area (Å²) >= 11 is 0. The van der Waals surface area contributed by atoms with Gasteiger partial charge in [-0.05, 0) is 31.9 Å². The zero-order valence-electron chi connectivity index (χ0n) is 11.1. The third kappa shape index (κ3) is 3.76. The number of carbonyl (C=O) groups excluding carboxylic acids is 1. The first-order valence-electron chi connectivity index (χ1n) is 5.70. The molecule has 1 atom stereocenters. The second-order valence-electron chi connectivity index (χ2n) is 4.50. The molecule has 1 aromatic rings. The fraction of sp³-hybridized carbons (Fsp3) is 0.417. The second kappa shape index (κ2) is 5.68. The number of aryl methyl sites for hydroxylation is 3. The van der Waals surface area contributed by atoms with Gasteiger partial charge in [0.2, 0.25) is 15.9 Å². The van der Waals surface area contributed by atoms with Crippen molar-refractivity contribution in [3.05, 3.63) is 28.8 Å².